The lowest BCUT2D eigenvalue weighted by atomic mass is 9.99. The SMILES string of the molecule is C.CC(C)(C)OC(=O)NCCn1c(C2CCOCC2)nc(I)c1I.CC(C)(C)OC(=O)NCCn1cc(I)nc1C1CCOCC1. The van der Waals surface area contributed by atoms with Gasteiger partial charge in [-0.2, -0.15) is 0 Å². The van der Waals surface area contributed by atoms with Crippen LogP contribution in [-0.4, -0.2) is 82.0 Å². The first-order valence-electron chi connectivity index (χ1n) is 15.4. The van der Waals surface area contributed by atoms with Crippen molar-refractivity contribution in [3.8, 4) is 0 Å². The fourth-order valence-corrected chi connectivity index (χ4v) is 6.66. The Labute approximate surface area is 315 Å². The molecule has 15 heteroatoms. The zero-order chi connectivity index (χ0) is 33.2. The van der Waals surface area contributed by atoms with Gasteiger partial charge in [0.2, 0.25) is 0 Å². The van der Waals surface area contributed by atoms with Gasteiger partial charge < -0.3 is 38.7 Å². The molecule has 4 heterocycles. The van der Waals surface area contributed by atoms with Gasteiger partial charge >= 0.3 is 12.2 Å². The van der Waals surface area contributed by atoms with Gasteiger partial charge in [-0.05, 0) is 135 Å². The first-order valence-corrected chi connectivity index (χ1v) is 18.6. The number of alkyl carbamates (subject to hydrolysis) is 2. The van der Waals surface area contributed by atoms with E-state index >= 15 is 0 Å². The van der Waals surface area contributed by atoms with Crippen LogP contribution < -0.4 is 10.6 Å². The highest BCUT2D eigenvalue weighted by Gasteiger charge is 2.25. The molecule has 0 bridgehead atoms. The quantitative estimate of drug-likeness (QED) is 0.270. The maximum absolute atomic E-state index is 11.7. The van der Waals surface area contributed by atoms with Crippen LogP contribution in [0.4, 0.5) is 9.59 Å². The number of carbonyl (C=O) groups excluding carboxylic acids is 2. The van der Waals surface area contributed by atoms with Gasteiger partial charge in [-0.3, -0.25) is 0 Å². The highest BCUT2D eigenvalue weighted by atomic mass is 127. The van der Waals surface area contributed by atoms with E-state index in [0.717, 1.165) is 74.9 Å². The average molecular weight is 984 g/mol. The van der Waals surface area contributed by atoms with Crippen molar-refractivity contribution in [2.45, 2.75) is 111 Å². The number of aromatic nitrogens is 4. The van der Waals surface area contributed by atoms with Gasteiger partial charge in [0.25, 0.3) is 0 Å². The molecule has 0 spiro atoms. The van der Waals surface area contributed by atoms with Gasteiger partial charge in [-0.15, -0.1) is 0 Å². The summed E-state index contributed by atoms with van der Waals surface area (Å²) in [5.41, 5.74) is -0.947. The van der Waals surface area contributed by atoms with Crippen LogP contribution in [-0.2, 0) is 32.0 Å². The maximum atomic E-state index is 11.7. The van der Waals surface area contributed by atoms with E-state index in [0.29, 0.717) is 38.0 Å². The van der Waals surface area contributed by atoms with Crippen molar-refractivity contribution in [1.82, 2.24) is 29.7 Å². The van der Waals surface area contributed by atoms with E-state index in [9.17, 15) is 9.59 Å². The van der Waals surface area contributed by atoms with E-state index in [2.05, 4.69) is 92.5 Å². The smallest absolute Gasteiger partial charge is 0.407 e. The van der Waals surface area contributed by atoms with Crippen molar-refractivity contribution in [1.29, 1.82) is 0 Å². The number of hydrogen-bond donors (Lipinski definition) is 2. The molecule has 2 saturated heterocycles. The fourth-order valence-electron chi connectivity index (χ4n) is 4.93. The number of nitrogens with zero attached hydrogens (tertiary/aromatic N) is 4. The van der Waals surface area contributed by atoms with E-state index in [4.69, 9.17) is 23.9 Å². The van der Waals surface area contributed by atoms with Crippen LogP contribution in [0, 0.1) is 11.1 Å². The summed E-state index contributed by atoms with van der Waals surface area (Å²) < 4.78 is 28.8. The minimum Gasteiger partial charge on any atom is -0.444 e. The molecule has 262 valence electrons. The van der Waals surface area contributed by atoms with E-state index in [1.165, 1.54) is 0 Å². The Balaban J connectivity index is 0.000000314. The predicted molar refractivity (Wildman–Crippen MR) is 203 cm³/mol. The van der Waals surface area contributed by atoms with Crippen LogP contribution >= 0.6 is 67.8 Å². The summed E-state index contributed by atoms with van der Waals surface area (Å²) >= 11 is 6.82. The molecule has 0 aliphatic carbocycles. The number of amides is 2. The normalized spacial score (nSPS) is 16.1. The maximum Gasteiger partial charge on any atom is 0.407 e. The third kappa shape index (κ3) is 14.3. The molecule has 0 aromatic carbocycles. The lowest BCUT2D eigenvalue weighted by Crippen LogP contribution is -2.34. The molecular weight excluding hydrogens is 933 g/mol. The molecule has 2 aliphatic heterocycles. The second-order valence-electron chi connectivity index (χ2n) is 12.9. The van der Waals surface area contributed by atoms with Gasteiger partial charge in [0.15, 0.2) is 0 Å². The monoisotopic (exact) mass is 984 g/mol. The van der Waals surface area contributed by atoms with Gasteiger partial charge in [-0.1, -0.05) is 7.43 Å². The number of carbonyl (C=O) groups is 2. The van der Waals surface area contributed by atoms with Gasteiger partial charge in [0.1, 0.15) is 34.0 Å². The molecule has 0 atom stereocenters. The highest BCUT2D eigenvalue weighted by molar-refractivity contribution is 14.1. The third-order valence-electron chi connectivity index (χ3n) is 6.87. The molecule has 0 radical (unpaired) electrons. The fraction of sp³-hybridized carbons (Fsp3) is 0.742. The van der Waals surface area contributed by atoms with E-state index in [-0.39, 0.29) is 19.6 Å². The number of nitrogens with one attached hydrogen (secondary N) is 2. The summed E-state index contributed by atoms with van der Waals surface area (Å²) in [6.07, 6.45) is 5.29. The van der Waals surface area contributed by atoms with Crippen LogP contribution in [0.25, 0.3) is 0 Å². The number of ether oxygens (including phenoxy) is 4. The van der Waals surface area contributed by atoms with Crippen LogP contribution in [0.5, 0.6) is 0 Å². The molecule has 2 aromatic rings. The zero-order valence-electron chi connectivity index (χ0n) is 27.1. The van der Waals surface area contributed by atoms with Crippen LogP contribution in [0.3, 0.4) is 0 Å². The van der Waals surface area contributed by atoms with E-state index in [1.807, 2.05) is 47.7 Å². The van der Waals surface area contributed by atoms with Gasteiger partial charge in [0.05, 0.1) is 0 Å². The lowest BCUT2D eigenvalue weighted by molar-refractivity contribution is 0.0514. The summed E-state index contributed by atoms with van der Waals surface area (Å²) in [6, 6.07) is 0. The van der Waals surface area contributed by atoms with Crippen molar-refractivity contribution in [3.63, 3.8) is 0 Å². The molecular formula is C31H51I3N6O6. The molecule has 2 N–H and O–H groups in total. The Kier molecular flexibility index (Phi) is 17.3. The standard InChI is InChI=1S/C15H23I2N3O3.C15H24IN3O3.CH4/c1-15(2,3)23-14(21)18-6-7-20-12(17)11(16)19-13(20)10-4-8-22-9-5-10;1-15(2,3)22-14(20)17-6-7-19-10-12(16)18-13(19)11-4-8-21-9-5-11;/h10H,4-9H2,1-3H3,(H,18,21);10-11H,4-9H2,1-3H3,(H,17,20);1H4. The summed E-state index contributed by atoms with van der Waals surface area (Å²) in [5, 5.41) is 5.60. The second kappa shape index (κ2) is 19.3. The first-order chi connectivity index (χ1) is 21.1. The molecule has 0 saturated carbocycles. The molecule has 46 heavy (non-hydrogen) atoms. The predicted octanol–water partition coefficient (Wildman–Crippen LogP) is 7.05. The molecule has 2 amide bonds. The Bertz CT molecular complexity index is 1240. The topological polar surface area (TPSA) is 131 Å². The number of hydrogen-bond acceptors (Lipinski definition) is 8. The number of halogens is 3. The molecule has 2 aliphatic rings. The van der Waals surface area contributed by atoms with Crippen molar-refractivity contribution in [3.05, 3.63) is 28.9 Å². The molecule has 2 fully saturated rings. The molecule has 12 nitrogen and oxygen atoms in total. The third-order valence-corrected chi connectivity index (χ3v) is 10.3. The minimum absolute atomic E-state index is 0. The summed E-state index contributed by atoms with van der Waals surface area (Å²) in [5.74, 6) is 3.08. The first kappa shape index (κ1) is 41.2. The van der Waals surface area contributed by atoms with Crippen LogP contribution in [0.15, 0.2) is 6.20 Å². The second-order valence-corrected chi connectivity index (χ2v) is 16.1. The lowest BCUT2D eigenvalue weighted by Gasteiger charge is -2.23. The van der Waals surface area contributed by atoms with Crippen molar-refractivity contribution in [2.24, 2.45) is 0 Å². The highest BCUT2D eigenvalue weighted by Crippen LogP contribution is 2.29. The Morgan fingerprint density at radius 1 is 0.804 bits per heavy atom. The average Bonchev–Trinajstić information content (AvgIpc) is 3.46. The van der Waals surface area contributed by atoms with E-state index in [1.54, 1.807) is 0 Å². The van der Waals surface area contributed by atoms with Crippen LogP contribution in [0.2, 0.25) is 0 Å². The summed E-state index contributed by atoms with van der Waals surface area (Å²) in [7, 11) is 0. The van der Waals surface area contributed by atoms with Crippen molar-refractivity contribution < 1.29 is 28.5 Å². The Morgan fingerprint density at radius 3 is 1.74 bits per heavy atom. The molecule has 4 rings (SSSR count). The van der Waals surface area contributed by atoms with Gasteiger partial charge in [-0.25, -0.2) is 19.6 Å². The largest absolute Gasteiger partial charge is 0.444 e. The zero-order valence-corrected chi connectivity index (χ0v) is 33.6. The van der Waals surface area contributed by atoms with Gasteiger partial charge in [0, 0.05) is 70.6 Å². The number of imidazole rings is 2. The van der Waals surface area contributed by atoms with Crippen molar-refractivity contribution >= 4 is 80.0 Å². The van der Waals surface area contributed by atoms with Crippen molar-refractivity contribution in [2.75, 3.05) is 39.5 Å². The minimum atomic E-state index is -0.476. The summed E-state index contributed by atoms with van der Waals surface area (Å²) in [4.78, 5) is 32.8. The summed E-state index contributed by atoms with van der Waals surface area (Å²) in [6.45, 7) is 16.8. The number of rotatable bonds is 8. The van der Waals surface area contributed by atoms with E-state index < -0.39 is 11.2 Å². The molecule has 0 unspecified atom stereocenters. The Hall–Kier alpha value is -0.930. The molecule has 2 aromatic heterocycles. The Morgan fingerprint density at radius 2 is 1.26 bits per heavy atom. The van der Waals surface area contributed by atoms with Crippen LogP contribution in [0.1, 0.15) is 98.1 Å².